The van der Waals surface area contributed by atoms with Crippen LogP contribution in [0.25, 0.3) is 0 Å². The van der Waals surface area contributed by atoms with Crippen molar-refractivity contribution in [1.29, 1.82) is 0 Å². The summed E-state index contributed by atoms with van der Waals surface area (Å²) in [5.41, 5.74) is 5.93. The van der Waals surface area contributed by atoms with E-state index >= 15 is 0 Å². The van der Waals surface area contributed by atoms with Gasteiger partial charge in [-0.3, -0.25) is 0 Å². The maximum Gasteiger partial charge on any atom is 0.404 e. The van der Waals surface area contributed by atoms with Crippen LogP contribution in [0.3, 0.4) is 0 Å². The summed E-state index contributed by atoms with van der Waals surface area (Å²) in [5, 5.41) is 0.659. The highest BCUT2D eigenvalue weighted by atomic mass is 35.5. The van der Waals surface area contributed by atoms with Gasteiger partial charge in [0.1, 0.15) is 6.61 Å². The molecule has 0 heterocycles. The molecule has 1 aromatic rings. The Balaban J connectivity index is 2.35. The predicted molar refractivity (Wildman–Crippen MR) is 75.2 cm³/mol. The van der Waals surface area contributed by atoms with Gasteiger partial charge < -0.3 is 19.9 Å². The Morgan fingerprint density at radius 3 is 2.55 bits per heavy atom. The summed E-state index contributed by atoms with van der Waals surface area (Å²) >= 11 is 5.78. The predicted octanol–water partition coefficient (Wildman–Crippen LogP) is 1.97. The molecule has 5 nitrogen and oxygen atoms in total. The molecule has 1 amide bonds. The molecule has 108 valence electrons. The van der Waals surface area contributed by atoms with E-state index in [-0.39, 0.29) is 19.8 Å². The lowest BCUT2D eigenvalue weighted by molar-refractivity contribution is -0.0241. The molecule has 1 atom stereocenters. The van der Waals surface area contributed by atoms with Crippen molar-refractivity contribution in [2.24, 2.45) is 5.73 Å². The number of hydrogen-bond acceptors (Lipinski definition) is 4. The van der Waals surface area contributed by atoms with Crippen molar-refractivity contribution in [3.63, 3.8) is 0 Å². The molecule has 1 unspecified atom stereocenters. The van der Waals surface area contributed by atoms with Gasteiger partial charge in [0.15, 0.2) is 6.10 Å². The lowest BCUT2D eigenvalue weighted by Crippen LogP contribution is -2.31. The number of nitrogens with two attached hydrogens (primary N) is 1. The van der Waals surface area contributed by atoms with Crippen molar-refractivity contribution < 1.29 is 19.0 Å². The van der Waals surface area contributed by atoms with Gasteiger partial charge in [-0.15, -0.1) is 6.42 Å². The average molecular weight is 298 g/mol. The van der Waals surface area contributed by atoms with E-state index in [0.29, 0.717) is 11.6 Å². The average Bonchev–Trinajstić information content (AvgIpc) is 2.40. The fourth-order valence-corrected chi connectivity index (χ4v) is 1.54. The molecule has 0 fully saturated rings. The molecule has 0 aromatic heterocycles. The van der Waals surface area contributed by atoms with Crippen molar-refractivity contribution in [2.75, 3.05) is 19.8 Å². The van der Waals surface area contributed by atoms with Gasteiger partial charge in [-0.1, -0.05) is 29.7 Å². The fraction of sp³-hybridized carbons (Fsp3) is 0.357. The van der Waals surface area contributed by atoms with Crippen LogP contribution in [0.1, 0.15) is 5.56 Å². The van der Waals surface area contributed by atoms with Gasteiger partial charge >= 0.3 is 6.09 Å². The van der Waals surface area contributed by atoms with Crippen LogP contribution in [-0.4, -0.2) is 32.0 Å². The molecule has 0 radical (unpaired) electrons. The summed E-state index contributed by atoms with van der Waals surface area (Å²) in [6.07, 6.45) is 3.58. The molecule has 2 N–H and O–H groups in total. The molecular formula is C14H16ClNO4. The topological polar surface area (TPSA) is 70.8 Å². The number of halogens is 1. The Morgan fingerprint density at radius 1 is 1.30 bits per heavy atom. The van der Waals surface area contributed by atoms with Crippen molar-refractivity contribution in [3.8, 4) is 12.3 Å². The highest BCUT2D eigenvalue weighted by Crippen LogP contribution is 2.10. The smallest absolute Gasteiger partial charge is 0.404 e. The Morgan fingerprint density at radius 2 is 1.95 bits per heavy atom. The van der Waals surface area contributed by atoms with Crippen molar-refractivity contribution >= 4 is 17.7 Å². The van der Waals surface area contributed by atoms with Crippen LogP contribution in [0.2, 0.25) is 5.02 Å². The Kier molecular flexibility index (Phi) is 7.51. The van der Waals surface area contributed by atoms with Gasteiger partial charge in [0.05, 0.1) is 19.8 Å². The summed E-state index contributed by atoms with van der Waals surface area (Å²) in [6.45, 7) is 0.796. The Bertz CT molecular complexity index is 455. The van der Waals surface area contributed by atoms with Crippen LogP contribution in [0, 0.1) is 12.3 Å². The first-order valence-corrected chi connectivity index (χ1v) is 6.29. The van der Waals surface area contributed by atoms with E-state index < -0.39 is 12.2 Å². The Hall–Kier alpha value is -1.74. The van der Waals surface area contributed by atoms with E-state index in [1.165, 1.54) is 0 Å². The lowest BCUT2D eigenvalue weighted by atomic mass is 10.2. The van der Waals surface area contributed by atoms with Crippen LogP contribution in [0.4, 0.5) is 4.79 Å². The molecule has 0 saturated carbocycles. The maximum atomic E-state index is 10.7. The number of carbonyl (C=O) groups is 1. The van der Waals surface area contributed by atoms with E-state index in [0.717, 1.165) is 5.56 Å². The van der Waals surface area contributed by atoms with E-state index in [9.17, 15) is 4.79 Å². The third kappa shape index (κ3) is 7.00. The fourth-order valence-electron chi connectivity index (χ4n) is 1.42. The van der Waals surface area contributed by atoms with E-state index in [1.807, 2.05) is 12.1 Å². The summed E-state index contributed by atoms with van der Waals surface area (Å²) < 4.78 is 15.4. The van der Waals surface area contributed by atoms with Crippen LogP contribution in [-0.2, 0) is 20.8 Å². The zero-order valence-corrected chi connectivity index (χ0v) is 11.6. The van der Waals surface area contributed by atoms with Gasteiger partial charge in [-0.05, 0) is 17.7 Å². The number of primary amides is 1. The highest BCUT2D eigenvalue weighted by Gasteiger charge is 2.13. The second-order valence-electron chi connectivity index (χ2n) is 3.92. The second-order valence-corrected chi connectivity index (χ2v) is 4.36. The first-order chi connectivity index (χ1) is 9.61. The minimum atomic E-state index is -0.880. The van der Waals surface area contributed by atoms with Gasteiger partial charge in [-0.25, -0.2) is 4.79 Å². The summed E-state index contributed by atoms with van der Waals surface area (Å²) in [7, 11) is 0. The second kappa shape index (κ2) is 9.21. The monoisotopic (exact) mass is 297 g/mol. The maximum absolute atomic E-state index is 10.7. The van der Waals surface area contributed by atoms with Gasteiger partial charge in [0.25, 0.3) is 0 Å². The molecule has 0 aliphatic carbocycles. The first-order valence-electron chi connectivity index (χ1n) is 5.91. The van der Waals surface area contributed by atoms with E-state index in [2.05, 4.69) is 5.92 Å². The minimum Gasteiger partial charge on any atom is -0.441 e. The first kappa shape index (κ1) is 16.3. The number of amides is 1. The number of rotatable bonds is 8. The normalized spacial score (nSPS) is 11.6. The molecule has 20 heavy (non-hydrogen) atoms. The van der Waals surface area contributed by atoms with E-state index in [1.54, 1.807) is 12.1 Å². The largest absolute Gasteiger partial charge is 0.441 e. The molecule has 1 rings (SSSR count). The summed E-state index contributed by atoms with van der Waals surface area (Å²) in [6, 6.07) is 7.24. The molecule has 1 aromatic carbocycles. The number of ether oxygens (including phenoxy) is 3. The zero-order valence-electron chi connectivity index (χ0n) is 10.9. The third-order valence-corrected chi connectivity index (χ3v) is 2.51. The van der Waals surface area contributed by atoms with Gasteiger partial charge in [-0.2, -0.15) is 0 Å². The SMILES string of the molecule is C#CCOCC(COCc1ccc(Cl)cc1)OC(N)=O. The molecule has 0 aliphatic heterocycles. The quantitative estimate of drug-likeness (QED) is 0.588. The van der Waals surface area contributed by atoms with Crippen molar-refractivity contribution in [2.45, 2.75) is 12.7 Å². The number of terminal acetylenes is 1. The van der Waals surface area contributed by atoms with Crippen molar-refractivity contribution in [1.82, 2.24) is 0 Å². The molecular weight excluding hydrogens is 282 g/mol. The van der Waals surface area contributed by atoms with Gasteiger partial charge in [0, 0.05) is 5.02 Å². The highest BCUT2D eigenvalue weighted by molar-refractivity contribution is 6.30. The van der Waals surface area contributed by atoms with Gasteiger partial charge in [0.2, 0.25) is 0 Å². The lowest BCUT2D eigenvalue weighted by Gasteiger charge is -2.16. The number of benzene rings is 1. The molecule has 0 aliphatic rings. The van der Waals surface area contributed by atoms with E-state index in [4.69, 9.17) is 38.0 Å². The van der Waals surface area contributed by atoms with Crippen molar-refractivity contribution in [3.05, 3.63) is 34.9 Å². The molecule has 0 spiro atoms. The summed E-state index contributed by atoms with van der Waals surface area (Å²) in [4.78, 5) is 10.7. The van der Waals surface area contributed by atoms with Crippen LogP contribution >= 0.6 is 11.6 Å². The zero-order chi connectivity index (χ0) is 14.8. The molecule has 6 heteroatoms. The standard InChI is InChI=1S/C14H16ClNO4/c1-2-7-18-9-13(20-14(16)17)10-19-8-11-3-5-12(15)6-4-11/h1,3-6,13H,7-10H2,(H2,16,17). The number of carbonyl (C=O) groups excluding carboxylic acids is 1. The Labute approximate surface area is 122 Å². The third-order valence-electron chi connectivity index (χ3n) is 2.26. The summed E-state index contributed by atoms with van der Waals surface area (Å²) in [5.74, 6) is 2.32. The van der Waals surface area contributed by atoms with Crippen LogP contribution in [0.15, 0.2) is 24.3 Å². The van der Waals surface area contributed by atoms with Crippen LogP contribution in [0.5, 0.6) is 0 Å². The minimum absolute atomic E-state index is 0.133. The number of hydrogen-bond donors (Lipinski definition) is 1. The van der Waals surface area contributed by atoms with Crippen LogP contribution < -0.4 is 5.73 Å². The molecule has 0 bridgehead atoms. The molecule has 0 saturated heterocycles.